The summed E-state index contributed by atoms with van der Waals surface area (Å²) in [6, 6.07) is 0.106. The first-order chi connectivity index (χ1) is 22.8. The predicted octanol–water partition coefficient (Wildman–Crippen LogP) is 5.55. The van der Waals surface area contributed by atoms with Gasteiger partial charge in [-0.25, -0.2) is 8.78 Å². The topological polar surface area (TPSA) is 84.9 Å². The maximum atomic E-state index is 17.0. The SMILES string of the molecule is C#CC1CCCC2CC(OCOC)CC(c3ncc4c(NCC5(N(C)C)CCC5)nc(OC[C@@]56CCCN5C[C@H](F)C6)nc4c3F)C12. The number of hydrogen-bond acceptors (Lipinski definition) is 9. The van der Waals surface area contributed by atoms with Gasteiger partial charge in [0.1, 0.15) is 30.9 Å². The van der Waals surface area contributed by atoms with Crippen molar-refractivity contribution in [3.05, 3.63) is 17.7 Å². The van der Waals surface area contributed by atoms with E-state index in [-0.39, 0.29) is 59.9 Å². The third-order valence-electron chi connectivity index (χ3n) is 12.4. The molecule has 0 radical (unpaired) electrons. The van der Waals surface area contributed by atoms with Gasteiger partial charge in [-0.05, 0) is 90.3 Å². The van der Waals surface area contributed by atoms with Gasteiger partial charge in [0, 0.05) is 50.2 Å². The quantitative estimate of drug-likeness (QED) is 0.248. The summed E-state index contributed by atoms with van der Waals surface area (Å²) >= 11 is 0. The fourth-order valence-electron chi connectivity index (χ4n) is 9.63. The van der Waals surface area contributed by atoms with Gasteiger partial charge in [-0.2, -0.15) is 9.97 Å². The average molecular weight is 653 g/mol. The van der Waals surface area contributed by atoms with E-state index in [0.29, 0.717) is 48.7 Å². The van der Waals surface area contributed by atoms with Crippen LogP contribution in [0.2, 0.25) is 0 Å². The smallest absolute Gasteiger partial charge is 0.319 e. The molecule has 3 aliphatic carbocycles. The van der Waals surface area contributed by atoms with Gasteiger partial charge in [-0.15, -0.1) is 12.3 Å². The fourth-order valence-corrected chi connectivity index (χ4v) is 9.63. The van der Waals surface area contributed by atoms with Crippen molar-refractivity contribution in [2.24, 2.45) is 17.8 Å². The molecule has 0 amide bonds. The molecular formula is C36H50F2N6O3. The Labute approximate surface area is 277 Å². The van der Waals surface area contributed by atoms with Crippen LogP contribution in [0.25, 0.3) is 10.9 Å². The Kier molecular flexibility index (Phi) is 9.33. The van der Waals surface area contributed by atoms with Crippen LogP contribution in [0.1, 0.15) is 82.2 Å². The van der Waals surface area contributed by atoms with Crippen LogP contribution in [0.3, 0.4) is 0 Å². The van der Waals surface area contributed by atoms with Crippen molar-refractivity contribution in [1.29, 1.82) is 0 Å². The summed E-state index contributed by atoms with van der Waals surface area (Å²) in [5, 5.41) is 4.06. The Bertz CT molecular complexity index is 1480. The van der Waals surface area contributed by atoms with Gasteiger partial charge < -0.3 is 24.4 Å². The van der Waals surface area contributed by atoms with E-state index in [9.17, 15) is 4.39 Å². The number of nitrogens with one attached hydrogen (secondary N) is 1. The average Bonchev–Trinajstić information content (AvgIpc) is 3.57. The number of rotatable bonds is 11. The number of nitrogens with zero attached hydrogens (tertiary/aromatic N) is 5. The van der Waals surface area contributed by atoms with Crippen molar-refractivity contribution in [2.75, 3.05) is 59.6 Å². The Morgan fingerprint density at radius 3 is 2.74 bits per heavy atom. The Balaban J connectivity index is 1.25. The van der Waals surface area contributed by atoms with Crippen LogP contribution in [-0.2, 0) is 9.47 Å². The van der Waals surface area contributed by atoms with E-state index in [1.54, 1.807) is 13.3 Å². The highest BCUT2D eigenvalue weighted by Gasteiger charge is 2.50. The zero-order valence-corrected chi connectivity index (χ0v) is 28.1. The summed E-state index contributed by atoms with van der Waals surface area (Å²) in [6.07, 6.45) is 17.0. The van der Waals surface area contributed by atoms with E-state index in [1.807, 2.05) is 0 Å². The molecule has 47 heavy (non-hydrogen) atoms. The molecule has 0 spiro atoms. The maximum Gasteiger partial charge on any atom is 0.319 e. The minimum Gasteiger partial charge on any atom is -0.461 e. The third-order valence-corrected chi connectivity index (χ3v) is 12.4. The number of fused-ring (bicyclic) bond motifs is 3. The van der Waals surface area contributed by atoms with Gasteiger partial charge in [0.15, 0.2) is 5.82 Å². The number of anilines is 1. The monoisotopic (exact) mass is 652 g/mol. The minimum atomic E-state index is -0.868. The Morgan fingerprint density at radius 2 is 2.00 bits per heavy atom. The second-order valence-electron chi connectivity index (χ2n) is 15.1. The van der Waals surface area contributed by atoms with Crippen LogP contribution >= 0.6 is 0 Å². The molecule has 5 fully saturated rings. The first kappa shape index (κ1) is 32.9. The lowest BCUT2D eigenvalue weighted by molar-refractivity contribution is -0.105. The number of ether oxygens (including phenoxy) is 3. The second kappa shape index (κ2) is 13.3. The van der Waals surface area contributed by atoms with E-state index in [1.165, 1.54) is 6.42 Å². The minimum absolute atomic E-state index is 0.00699. The summed E-state index contributed by atoms with van der Waals surface area (Å²) in [5.41, 5.74) is 0.215. The Hall–Kier alpha value is -2.65. The van der Waals surface area contributed by atoms with Crippen LogP contribution in [-0.4, -0.2) is 102 Å². The maximum absolute atomic E-state index is 17.0. The van der Waals surface area contributed by atoms with Crippen LogP contribution in [0.5, 0.6) is 6.01 Å². The number of alkyl halides is 1. The van der Waals surface area contributed by atoms with Crippen molar-refractivity contribution in [3.63, 3.8) is 0 Å². The van der Waals surface area contributed by atoms with Crippen molar-refractivity contribution in [2.45, 2.75) is 99.9 Å². The molecule has 4 heterocycles. The van der Waals surface area contributed by atoms with Gasteiger partial charge in [0.25, 0.3) is 0 Å². The van der Waals surface area contributed by atoms with E-state index in [2.05, 4.69) is 35.1 Å². The van der Waals surface area contributed by atoms with Gasteiger partial charge in [-0.3, -0.25) is 9.88 Å². The molecule has 256 valence electrons. The summed E-state index contributed by atoms with van der Waals surface area (Å²) < 4.78 is 49.2. The molecule has 7 rings (SSSR count). The van der Waals surface area contributed by atoms with Crippen LogP contribution in [0.15, 0.2) is 6.20 Å². The largest absolute Gasteiger partial charge is 0.461 e. The summed E-state index contributed by atoms with van der Waals surface area (Å²) in [5.74, 6) is 3.39. The predicted molar refractivity (Wildman–Crippen MR) is 176 cm³/mol. The normalized spacial score (nSPS) is 33.3. The van der Waals surface area contributed by atoms with Gasteiger partial charge >= 0.3 is 6.01 Å². The van der Waals surface area contributed by atoms with E-state index in [0.717, 1.165) is 57.9 Å². The third kappa shape index (κ3) is 6.09. The number of halogens is 2. The van der Waals surface area contributed by atoms with Crippen molar-refractivity contribution in [3.8, 4) is 18.4 Å². The summed E-state index contributed by atoms with van der Waals surface area (Å²) in [7, 11) is 5.82. The second-order valence-corrected chi connectivity index (χ2v) is 15.1. The first-order valence-electron chi connectivity index (χ1n) is 17.6. The number of aromatic nitrogens is 3. The molecule has 2 aliphatic heterocycles. The molecule has 1 N–H and O–H groups in total. The molecule has 2 aromatic rings. The lowest BCUT2D eigenvalue weighted by atomic mass is 9.59. The van der Waals surface area contributed by atoms with E-state index < -0.39 is 12.0 Å². The first-order valence-corrected chi connectivity index (χ1v) is 17.6. The zero-order valence-electron chi connectivity index (χ0n) is 28.1. The number of terminal acetylenes is 1. The molecule has 2 aromatic heterocycles. The molecule has 0 aromatic carbocycles. The molecule has 2 saturated heterocycles. The zero-order chi connectivity index (χ0) is 32.8. The standard InChI is InChI=1S/C36H50F2N6O3/c1-5-23-9-6-10-24-15-26(47-22-45-4)16-27(29(23)24)31-30(38)32-28(18-39-31)33(40-20-35(43(2)3)11-7-12-35)42-34(41-32)46-21-36-13-8-14-44(36)19-25(37)17-36/h1,18,23-27,29H,6-17,19-22H2,2-4H3,(H,40,41,42)/t23?,24?,25-,26?,27?,29?,36+/m1/s1. The number of hydrogen-bond donors (Lipinski definition) is 1. The van der Waals surface area contributed by atoms with Gasteiger partial charge in [0.05, 0.1) is 22.7 Å². The lowest BCUT2D eigenvalue weighted by Gasteiger charge is -2.47. The summed E-state index contributed by atoms with van der Waals surface area (Å²) in [6.45, 7) is 2.42. The molecule has 9 nitrogen and oxygen atoms in total. The van der Waals surface area contributed by atoms with E-state index in [4.69, 9.17) is 35.6 Å². The number of pyridine rings is 1. The highest BCUT2D eigenvalue weighted by Crippen LogP contribution is 2.52. The van der Waals surface area contributed by atoms with Gasteiger partial charge in [0.2, 0.25) is 0 Å². The molecule has 5 unspecified atom stereocenters. The number of methoxy groups -OCH3 is 1. The van der Waals surface area contributed by atoms with Crippen LogP contribution in [0, 0.1) is 35.9 Å². The van der Waals surface area contributed by atoms with E-state index >= 15 is 4.39 Å². The molecule has 3 saturated carbocycles. The van der Waals surface area contributed by atoms with Crippen LogP contribution < -0.4 is 10.1 Å². The highest BCUT2D eigenvalue weighted by molar-refractivity contribution is 5.89. The lowest BCUT2D eigenvalue weighted by Crippen LogP contribution is -2.54. The molecule has 5 aliphatic rings. The fraction of sp³-hybridized carbons (Fsp3) is 0.750. The van der Waals surface area contributed by atoms with Crippen LogP contribution in [0.4, 0.5) is 14.6 Å². The van der Waals surface area contributed by atoms with Crippen molar-refractivity contribution < 1.29 is 23.0 Å². The molecular weight excluding hydrogens is 602 g/mol. The Morgan fingerprint density at radius 1 is 1.15 bits per heavy atom. The van der Waals surface area contributed by atoms with Crippen molar-refractivity contribution in [1.82, 2.24) is 24.8 Å². The van der Waals surface area contributed by atoms with Gasteiger partial charge in [-0.1, -0.05) is 6.42 Å². The molecule has 0 bridgehead atoms. The molecule has 11 heteroatoms. The number of likely N-dealkylation sites (N-methyl/N-ethyl adjacent to an activating group) is 1. The summed E-state index contributed by atoms with van der Waals surface area (Å²) in [4.78, 5) is 18.8. The molecule has 7 atom stereocenters. The highest BCUT2D eigenvalue weighted by atomic mass is 19.1. The van der Waals surface area contributed by atoms with Crippen molar-refractivity contribution >= 4 is 16.7 Å².